The van der Waals surface area contributed by atoms with Crippen LogP contribution in [0.5, 0.6) is 5.75 Å². The molecule has 0 radical (unpaired) electrons. The Labute approximate surface area is 159 Å². The second-order valence-corrected chi connectivity index (χ2v) is 9.15. The van der Waals surface area contributed by atoms with Gasteiger partial charge in [0.25, 0.3) is 5.91 Å². The van der Waals surface area contributed by atoms with Gasteiger partial charge in [-0.3, -0.25) is 10.1 Å². The summed E-state index contributed by atoms with van der Waals surface area (Å²) in [7, 11) is -3.29. The predicted molar refractivity (Wildman–Crippen MR) is 103 cm³/mol. The average Bonchev–Trinajstić information content (AvgIpc) is 2.94. The van der Waals surface area contributed by atoms with Gasteiger partial charge in [-0.1, -0.05) is 22.9 Å². The van der Waals surface area contributed by atoms with Crippen molar-refractivity contribution < 1.29 is 17.9 Å². The fraction of sp³-hybridized carbons (Fsp3) is 0.176. The average molecular weight is 411 g/mol. The number of halogens is 1. The number of carbonyl (C=O) groups is 1. The molecule has 3 rings (SSSR count). The standard InChI is InChI=1S/C17H15ClN2O4S2/c1-10-7-11(18)3-6-14(10)24-9-16(21)20-17-19-13-5-4-12(26(2,22)23)8-15(13)25-17/h3-8H,9H2,1-2H3,(H,19,20,21). The lowest BCUT2D eigenvalue weighted by Crippen LogP contribution is -2.20. The lowest BCUT2D eigenvalue weighted by molar-refractivity contribution is -0.118. The first-order chi connectivity index (χ1) is 12.2. The summed E-state index contributed by atoms with van der Waals surface area (Å²) in [5.41, 5.74) is 1.45. The first-order valence-corrected chi connectivity index (χ1v) is 10.6. The van der Waals surface area contributed by atoms with E-state index in [2.05, 4.69) is 10.3 Å². The maximum Gasteiger partial charge on any atom is 0.264 e. The van der Waals surface area contributed by atoms with E-state index < -0.39 is 9.84 Å². The highest BCUT2D eigenvalue weighted by atomic mass is 35.5. The van der Waals surface area contributed by atoms with Crippen molar-refractivity contribution in [1.82, 2.24) is 4.98 Å². The van der Waals surface area contributed by atoms with E-state index in [9.17, 15) is 13.2 Å². The molecule has 1 amide bonds. The summed E-state index contributed by atoms with van der Waals surface area (Å²) in [5.74, 6) is 0.216. The zero-order valence-electron chi connectivity index (χ0n) is 13.9. The van der Waals surface area contributed by atoms with Gasteiger partial charge in [0.1, 0.15) is 5.75 Å². The Hall–Kier alpha value is -2.16. The van der Waals surface area contributed by atoms with Gasteiger partial charge >= 0.3 is 0 Å². The molecular formula is C17H15ClN2O4S2. The van der Waals surface area contributed by atoms with E-state index in [0.29, 0.717) is 26.1 Å². The summed E-state index contributed by atoms with van der Waals surface area (Å²) in [5, 5.41) is 3.64. The number of hydrogen-bond donors (Lipinski definition) is 1. The number of aryl methyl sites for hydroxylation is 1. The number of ether oxygens (including phenoxy) is 1. The highest BCUT2D eigenvalue weighted by molar-refractivity contribution is 7.90. The summed E-state index contributed by atoms with van der Waals surface area (Å²) in [6.45, 7) is 1.67. The number of thiazole rings is 1. The predicted octanol–water partition coefficient (Wildman–Crippen LogP) is 3.68. The molecule has 0 spiro atoms. The Morgan fingerprint density at radius 1 is 1.27 bits per heavy atom. The third-order valence-electron chi connectivity index (χ3n) is 3.53. The van der Waals surface area contributed by atoms with Gasteiger partial charge in [0.15, 0.2) is 21.6 Å². The number of nitrogens with zero attached hydrogens (tertiary/aromatic N) is 1. The summed E-state index contributed by atoms with van der Waals surface area (Å²) in [6, 6.07) is 9.80. The number of nitrogens with one attached hydrogen (secondary N) is 1. The second-order valence-electron chi connectivity index (χ2n) is 5.67. The molecule has 136 valence electrons. The van der Waals surface area contributed by atoms with Crippen molar-refractivity contribution in [3.63, 3.8) is 0 Å². The largest absolute Gasteiger partial charge is 0.483 e. The Bertz CT molecular complexity index is 1090. The molecule has 3 aromatic rings. The minimum absolute atomic E-state index is 0.174. The smallest absolute Gasteiger partial charge is 0.264 e. The van der Waals surface area contributed by atoms with Gasteiger partial charge < -0.3 is 4.74 Å². The third-order valence-corrected chi connectivity index (χ3v) is 5.81. The quantitative estimate of drug-likeness (QED) is 0.693. The van der Waals surface area contributed by atoms with Gasteiger partial charge in [0, 0.05) is 11.3 Å². The molecule has 0 aliphatic rings. The Morgan fingerprint density at radius 3 is 2.73 bits per heavy atom. The van der Waals surface area contributed by atoms with Crippen LogP contribution in [0.3, 0.4) is 0 Å². The fourth-order valence-corrected chi connectivity index (χ4v) is 4.13. The molecular weight excluding hydrogens is 396 g/mol. The molecule has 1 heterocycles. The van der Waals surface area contributed by atoms with Gasteiger partial charge in [-0.25, -0.2) is 13.4 Å². The number of fused-ring (bicyclic) bond motifs is 1. The molecule has 0 aliphatic heterocycles. The van der Waals surface area contributed by atoms with Gasteiger partial charge in [-0.2, -0.15) is 0 Å². The van der Waals surface area contributed by atoms with E-state index in [1.807, 2.05) is 6.92 Å². The molecule has 6 nitrogen and oxygen atoms in total. The normalized spacial score (nSPS) is 11.5. The molecule has 0 atom stereocenters. The molecule has 0 unspecified atom stereocenters. The van der Waals surface area contributed by atoms with Crippen LogP contribution in [0, 0.1) is 6.92 Å². The molecule has 0 saturated heterocycles. The molecule has 9 heteroatoms. The minimum atomic E-state index is -3.29. The zero-order chi connectivity index (χ0) is 18.9. The maximum absolute atomic E-state index is 12.1. The van der Waals surface area contributed by atoms with Crippen LogP contribution < -0.4 is 10.1 Å². The van der Waals surface area contributed by atoms with Crippen LogP contribution in [0.2, 0.25) is 5.02 Å². The molecule has 1 N–H and O–H groups in total. The monoisotopic (exact) mass is 410 g/mol. The van der Waals surface area contributed by atoms with E-state index in [1.165, 1.54) is 17.4 Å². The van der Waals surface area contributed by atoms with Crippen molar-refractivity contribution in [3.05, 3.63) is 47.0 Å². The SMILES string of the molecule is Cc1cc(Cl)ccc1OCC(=O)Nc1nc2ccc(S(C)(=O)=O)cc2s1. The van der Waals surface area contributed by atoms with E-state index >= 15 is 0 Å². The van der Waals surface area contributed by atoms with E-state index in [-0.39, 0.29) is 17.4 Å². The van der Waals surface area contributed by atoms with Gasteiger partial charge in [0.2, 0.25) is 0 Å². The summed E-state index contributed by atoms with van der Waals surface area (Å²) in [6.07, 6.45) is 1.15. The maximum atomic E-state index is 12.1. The van der Waals surface area contributed by atoms with E-state index in [4.69, 9.17) is 16.3 Å². The van der Waals surface area contributed by atoms with Gasteiger partial charge in [-0.05, 0) is 48.9 Å². The van der Waals surface area contributed by atoms with Crippen LogP contribution in [0.25, 0.3) is 10.2 Å². The van der Waals surface area contributed by atoms with Gasteiger partial charge in [-0.15, -0.1) is 0 Å². The zero-order valence-corrected chi connectivity index (χ0v) is 16.3. The van der Waals surface area contributed by atoms with Crippen molar-refractivity contribution in [2.24, 2.45) is 0 Å². The number of amides is 1. The number of carbonyl (C=O) groups excluding carboxylic acids is 1. The number of rotatable bonds is 5. The van der Waals surface area contributed by atoms with Crippen LogP contribution in [-0.2, 0) is 14.6 Å². The van der Waals surface area contributed by atoms with E-state index in [0.717, 1.165) is 11.8 Å². The number of hydrogen-bond acceptors (Lipinski definition) is 6. The van der Waals surface area contributed by atoms with Crippen LogP contribution >= 0.6 is 22.9 Å². The lowest BCUT2D eigenvalue weighted by atomic mass is 10.2. The summed E-state index contributed by atoms with van der Waals surface area (Å²) < 4.78 is 29.4. The van der Waals surface area contributed by atoms with Crippen molar-refractivity contribution in [1.29, 1.82) is 0 Å². The Balaban J connectivity index is 1.69. The van der Waals surface area contributed by atoms with Crippen molar-refractivity contribution >= 4 is 54.0 Å². The Kier molecular flexibility index (Phi) is 5.17. The van der Waals surface area contributed by atoms with E-state index in [1.54, 1.807) is 30.3 Å². The molecule has 1 aromatic heterocycles. The molecule has 0 aliphatic carbocycles. The summed E-state index contributed by atoms with van der Waals surface area (Å²) >= 11 is 7.09. The second kappa shape index (κ2) is 7.22. The van der Waals surface area contributed by atoms with Crippen LogP contribution in [0.1, 0.15) is 5.56 Å². The molecule has 0 bridgehead atoms. The molecule has 26 heavy (non-hydrogen) atoms. The topological polar surface area (TPSA) is 85.4 Å². The van der Waals surface area contributed by atoms with Crippen LogP contribution in [0.15, 0.2) is 41.3 Å². The van der Waals surface area contributed by atoms with Crippen molar-refractivity contribution in [3.8, 4) is 5.75 Å². The lowest BCUT2D eigenvalue weighted by Gasteiger charge is -2.08. The van der Waals surface area contributed by atoms with Crippen molar-refractivity contribution in [2.75, 3.05) is 18.2 Å². The summed E-state index contributed by atoms with van der Waals surface area (Å²) in [4.78, 5) is 16.6. The number of sulfone groups is 1. The highest BCUT2D eigenvalue weighted by Gasteiger charge is 2.13. The molecule has 0 fully saturated rings. The third kappa shape index (κ3) is 4.32. The molecule has 0 saturated carbocycles. The highest BCUT2D eigenvalue weighted by Crippen LogP contribution is 2.28. The minimum Gasteiger partial charge on any atom is -0.483 e. The first-order valence-electron chi connectivity index (χ1n) is 7.52. The van der Waals surface area contributed by atoms with Crippen molar-refractivity contribution in [2.45, 2.75) is 11.8 Å². The number of benzene rings is 2. The van der Waals surface area contributed by atoms with Crippen LogP contribution in [-0.4, -0.2) is 32.2 Å². The number of anilines is 1. The molecule has 2 aromatic carbocycles. The fourth-order valence-electron chi connectivity index (χ4n) is 2.26. The number of aromatic nitrogens is 1. The Morgan fingerprint density at radius 2 is 2.04 bits per heavy atom. The van der Waals surface area contributed by atoms with Crippen LogP contribution in [0.4, 0.5) is 5.13 Å². The van der Waals surface area contributed by atoms with Gasteiger partial charge in [0.05, 0.1) is 15.1 Å². The first kappa shape index (κ1) is 18.6.